The Morgan fingerprint density at radius 2 is 2.24 bits per heavy atom. The third-order valence-corrected chi connectivity index (χ3v) is 6.69. The molecule has 0 bridgehead atoms. The number of fused-ring (bicyclic) bond motifs is 1. The van der Waals surface area contributed by atoms with Crippen LogP contribution >= 0.6 is 11.6 Å². The fourth-order valence-corrected chi connectivity index (χ4v) is 4.88. The van der Waals surface area contributed by atoms with Crippen LogP contribution in [0.25, 0.3) is 22.2 Å². The van der Waals surface area contributed by atoms with Gasteiger partial charge in [-0.2, -0.15) is 10.2 Å². The Morgan fingerprint density at radius 1 is 1.38 bits per heavy atom. The maximum atomic E-state index is 13.3. The summed E-state index contributed by atoms with van der Waals surface area (Å²) >= 11 is 6.86. The number of rotatable bonds is 9. The average molecular weight is 487 g/mol. The molecule has 1 amide bonds. The summed E-state index contributed by atoms with van der Waals surface area (Å²) < 4.78 is 14.7. The van der Waals surface area contributed by atoms with Gasteiger partial charge in [-0.15, -0.1) is 0 Å². The summed E-state index contributed by atoms with van der Waals surface area (Å²) in [5.41, 5.74) is 3.68. The largest absolute Gasteiger partial charge is 0.385 e. The van der Waals surface area contributed by atoms with E-state index in [0.29, 0.717) is 37.9 Å². The van der Waals surface area contributed by atoms with Crippen LogP contribution in [-0.4, -0.2) is 75.9 Å². The first-order valence-corrected chi connectivity index (χ1v) is 12.2. The van der Waals surface area contributed by atoms with Crippen molar-refractivity contribution in [2.75, 3.05) is 33.4 Å². The number of benzene rings is 1. The van der Waals surface area contributed by atoms with E-state index in [1.54, 1.807) is 18.0 Å². The molecule has 34 heavy (non-hydrogen) atoms. The maximum Gasteiger partial charge on any atom is 0.253 e. The molecule has 2 aliphatic rings. The molecule has 2 fully saturated rings. The third kappa shape index (κ3) is 4.84. The normalized spacial score (nSPS) is 18.5. The number of nitrogens with zero attached hydrogens (tertiary/aromatic N) is 5. The fraction of sp³-hybridized carbons (Fsp3) is 0.542. The van der Waals surface area contributed by atoms with Crippen LogP contribution in [0.15, 0.2) is 24.5 Å². The van der Waals surface area contributed by atoms with Gasteiger partial charge in [0.15, 0.2) is 0 Å². The number of hydrogen-bond donors (Lipinski definition) is 1. The van der Waals surface area contributed by atoms with Crippen LogP contribution in [0.4, 0.5) is 0 Å². The summed E-state index contributed by atoms with van der Waals surface area (Å²) in [4.78, 5) is 15.2. The summed E-state index contributed by atoms with van der Waals surface area (Å²) in [7, 11) is 3.59. The Labute approximate surface area is 203 Å². The molecule has 1 N–H and O–H groups in total. The second-order valence-electron chi connectivity index (χ2n) is 9.05. The molecule has 1 saturated carbocycles. The topological polar surface area (TPSA) is 86.4 Å². The summed E-state index contributed by atoms with van der Waals surface area (Å²) in [6.07, 6.45) is 6.21. The highest BCUT2D eigenvalue weighted by Gasteiger charge is 2.37. The summed E-state index contributed by atoms with van der Waals surface area (Å²) in [5.74, 6) is 0.0515. The summed E-state index contributed by atoms with van der Waals surface area (Å²) in [5, 5.41) is 14.0. The zero-order chi connectivity index (χ0) is 23.7. The monoisotopic (exact) mass is 486 g/mol. The number of aromatic nitrogens is 4. The molecule has 1 aromatic carbocycles. The number of carbonyl (C=O) groups is 1. The van der Waals surface area contributed by atoms with Crippen LogP contribution in [0.3, 0.4) is 0 Å². The van der Waals surface area contributed by atoms with Gasteiger partial charge in [-0.1, -0.05) is 11.6 Å². The minimum Gasteiger partial charge on any atom is -0.385 e. The number of carbonyl (C=O) groups excluding carboxylic acids is 1. The number of methoxy groups -OCH3 is 1. The Bertz CT molecular complexity index is 1170. The molecule has 1 atom stereocenters. The highest BCUT2D eigenvalue weighted by atomic mass is 35.5. The molecule has 1 saturated heterocycles. The lowest BCUT2D eigenvalue weighted by atomic mass is 10.1. The number of amides is 1. The fourth-order valence-electron chi connectivity index (χ4n) is 4.55. The van der Waals surface area contributed by atoms with Crippen LogP contribution < -0.4 is 5.32 Å². The number of aryl methyl sites for hydroxylation is 2. The van der Waals surface area contributed by atoms with Crippen molar-refractivity contribution < 1.29 is 14.3 Å². The number of hydrogen-bond acceptors (Lipinski definition) is 6. The minimum absolute atomic E-state index is 0.0515. The van der Waals surface area contributed by atoms with Gasteiger partial charge in [0.25, 0.3) is 5.91 Å². The van der Waals surface area contributed by atoms with E-state index in [2.05, 4.69) is 16.5 Å². The molecule has 10 heteroatoms. The third-order valence-electron chi connectivity index (χ3n) is 6.39. The number of halogens is 1. The van der Waals surface area contributed by atoms with Crippen molar-refractivity contribution in [2.24, 2.45) is 7.05 Å². The lowest BCUT2D eigenvalue weighted by Crippen LogP contribution is -2.49. The van der Waals surface area contributed by atoms with Crippen molar-refractivity contribution in [3.8, 4) is 11.3 Å². The molecule has 9 nitrogen and oxygen atoms in total. The summed E-state index contributed by atoms with van der Waals surface area (Å²) in [6, 6.07) is 4.35. The van der Waals surface area contributed by atoms with E-state index in [-0.39, 0.29) is 11.9 Å². The van der Waals surface area contributed by atoms with Crippen molar-refractivity contribution >= 4 is 28.4 Å². The predicted octanol–water partition coefficient (Wildman–Crippen LogP) is 2.61. The predicted molar refractivity (Wildman–Crippen MR) is 130 cm³/mol. The highest BCUT2D eigenvalue weighted by molar-refractivity contribution is 6.36. The van der Waals surface area contributed by atoms with Gasteiger partial charge in [0.2, 0.25) is 0 Å². The SMILES string of the molecule is COCCCn1nc(-c2cnn(C)c2)c2c(Cl)cc(CN(C(=O)[C@H]3CNCCO3)C3CC3)cc21. The van der Waals surface area contributed by atoms with Crippen LogP contribution in [0, 0.1) is 0 Å². The van der Waals surface area contributed by atoms with E-state index < -0.39 is 6.10 Å². The highest BCUT2D eigenvalue weighted by Crippen LogP contribution is 2.36. The first kappa shape index (κ1) is 23.3. The van der Waals surface area contributed by atoms with E-state index in [4.69, 9.17) is 26.2 Å². The van der Waals surface area contributed by atoms with Gasteiger partial charge in [-0.25, -0.2) is 0 Å². The maximum absolute atomic E-state index is 13.3. The molecular weight excluding hydrogens is 456 g/mol. The lowest BCUT2D eigenvalue weighted by molar-refractivity contribution is -0.146. The molecule has 0 spiro atoms. The second kappa shape index (κ2) is 10.0. The summed E-state index contributed by atoms with van der Waals surface area (Å²) in [6.45, 7) is 3.76. The Kier molecular flexibility index (Phi) is 6.87. The van der Waals surface area contributed by atoms with E-state index in [0.717, 1.165) is 53.5 Å². The molecule has 3 aromatic rings. The van der Waals surface area contributed by atoms with Crippen LogP contribution in [-0.2, 0) is 34.4 Å². The van der Waals surface area contributed by atoms with Gasteiger partial charge in [0, 0.05) is 70.1 Å². The van der Waals surface area contributed by atoms with Crippen molar-refractivity contribution in [3.05, 3.63) is 35.1 Å². The smallest absolute Gasteiger partial charge is 0.253 e. The van der Waals surface area contributed by atoms with Crippen LogP contribution in [0.1, 0.15) is 24.8 Å². The van der Waals surface area contributed by atoms with Gasteiger partial charge in [0.1, 0.15) is 11.8 Å². The molecular formula is C24H31ClN6O3. The molecule has 2 aromatic heterocycles. The van der Waals surface area contributed by atoms with E-state index >= 15 is 0 Å². The number of ether oxygens (including phenoxy) is 2. The van der Waals surface area contributed by atoms with Gasteiger partial charge in [-0.3, -0.25) is 14.2 Å². The first-order chi connectivity index (χ1) is 16.5. The standard InChI is InChI=1S/C24H31ClN6O3/c1-29-15-17(12-27-29)23-22-19(25)10-16(11-20(22)31(28-23)7-3-8-33-2)14-30(18-4-5-18)24(32)21-13-26-6-9-34-21/h10-12,15,18,21,26H,3-9,13-14H2,1-2H3/t21-/m1/s1. The van der Waals surface area contributed by atoms with Crippen molar-refractivity contribution in [3.63, 3.8) is 0 Å². The Morgan fingerprint density at radius 3 is 2.91 bits per heavy atom. The molecule has 0 radical (unpaired) electrons. The van der Waals surface area contributed by atoms with Gasteiger partial charge < -0.3 is 19.7 Å². The van der Waals surface area contributed by atoms with E-state index in [1.807, 2.05) is 28.9 Å². The molecule has 1 aliphatic carbocycles. The van der Waals surface area contributed by atoms with Gasteiger partial charge in [0.05, 0.1) is 23.3 Å². The number of morpholine rings is 1. The molecule has 3 heterocycles. The quantitative estimate of drug-likeness (QED) is 0.468. The van der Waals surface area contributed by atoms with Crippen LogP contribution in [0.5, 0.6) is 0 Å². The van der Waals surface area contributed by atoms with Crippen molar-refractivity contribution in [2.45, 2.75) is 44.5 Å². The molecule has 0 unspecified atom stereocenters. The van der Waals surface area contributed by atoms with Crippen molar-refractivity contribution in [1.29, 1.82) is 0 Å². The second-order valence-corrected chi connectivity index (χ2v) is 9.46. The Balaban J connectivity index is 1.49. The lowest BCUT2D eigenvalue weighted by Gasteiger charge is -2.30. The van der Waals surface area contributed by atoms with Crippen LogP contribution in [0.2, 0.25) is 5.02 Å². The average Bonchev–Trinajstić information content (AvgIpc) is 3.49. The Hall–Kier alpha value is -2.46. The first-order valence-electron chi connectivity index (χ1n) is 11.8. The zero-order valence-corrected chi connectivity index (χ0v) is 20.4. The molecule has 1 aliphatic heterocycles. The number of nitrogens with one attached hydrogen (secondary N) is 1. The minimum atomic E-state index is -0.426. The van der Waals surface area contributed by atoms with Gasteiger partial charge >= 0.3 is 0 Å². The zero-order valence-electron chi connectivity index (χ0n) is 19.7. The van der Waals surface area contributed by atoms with E-state index in [9.17, 15) is 4.79 Å². The van der Waals surface area contributed by atoms with E-state index in [1.165, 1.54) is 0 Å². The van der Waals surface area contributed by atoms with Gasteiger partial charge in [-0.05, 0) is 37.0 Å². The molecule has 5 rings (SSSR count). The molecule has 182 valence electrons. The van der Waals surface area contributed by atoms with Crippen molar-refractivity contribution in [1.82, 2.24) is 29.8 Å².